The largest absolute Gasteiger partial charge is 0.382 e. The first-order valence-corrected chi connectivity index (χ1v) is 6.00. The maximum absolute atomic E-state index is 12.0. The van der Waals surface area contributed by atoms with E-state index >= 15 is 0 Å². The standard InChI is InChI=1S/C14H18O2/c15-13(11-12-7-3-1-4-8-12)14(16)9-5-2-6-10-14/h1,3-4,7-8,16H,2,5-6,9-11H2. The molecule has 0 aromatic heterocycles. The van der Waals surface area contributed by atoms with Crippen molar-refractivity contribution in [2.24, 2.45) is 0 Å². The molecule has 0 spiro atoms. The number of hydrogen-bond donors (Lipinski definition) is 1. The minimum atomic E-state index is -1.05. The van der Waals surface area contributed by atoms with Crippen molar-refractivity contribution in [3.63, 3.8) is 0 Å². The Morgan fingerprint density at radius 3 is 2.38 bits per heavy atom. The molecule has 16 heavy (non-hydrogen) atoms. The SMILES string of the molecule is O=C(Cc1ccccc1)C1(O)CCCCC1. The van der Waals surface area contributed by atoms with E-state index in [1.807, 2.05) is 30.3 Å². The second-order valence-corrected chi connectivity index (χ2v) is 4.68. The van der Waals surface area contributed by atoms with Gasteiger partial charge in [0.25, 0.3) is 0 Å². The molecule has 1 saturated carbocycles. The van der Waals surface area contributed by atoms with Crippen molar-refractivity contribution < 1.29 is 9.90 Å². The molecule has 0 unspecified atom stereocenters. The summed E-state index contributed by atoms with van der Waals surface area (Å²) in [6.07, 6.45) is 4.71. The summed E-state index contributed by atoms with van der Waals surface area (Å²) in [7, 11) is 0. The highest BCUT2D eigenvalue weighted by atomic mass is 16.3. The number of carbonyl (C=O) groups is 1. The summed E-state index contributed by atoms with van der Waals surface area (Å²) < 4.78 is 0. The summed E-state index contributed by atoms with van der Waals surface area (Å²) in [4.78, 5) is 12.0. The average molecular weight is 218 g/mol. The molecule has 86 valence electrons. The van der Waals surface area contributed by atoms with Crippen LogP contribution in [0.25, 0.3) is 0 Å². The molecule has 1 fully saturated rings. The van der Waals surface area contributed by atoms with E-state index in [1.165, 1.54) is 0 Å². The highest BCUT2D eigenvalue weighted by molar-refractivity contribution is 5.89. The number of benzene rings is 1. The maximum Gasteiger partial charge on any atom is 0.168 e. The van der Waals surface area contributed by atoms with E-state index in [-0.39, 0.29) is 5.78 Å². The molecule has 0 radical (unpaired) electrons. The predicted octanol–water partition coefficient (Wildman–Crippen LogP) is 2.49. The van der Waals surface area contributed by atoms with Crippen LogP contribution in [0, 0.1) is 0 Å². The molecule has 0 aliphatic heterocycles. The fraction of sp³-hybridized carbons (Fsp3) is 0.500. The number of rotatable bonds is 3. The summed E-state index contributed by atoms with van der Waals surface area (Å²) in [6, 6.07) is 9.65. The molecule has 2 nitrogen and oxygen atoms in total. The monoisotopic (exact) mass is 218 g/mol. The van der Waals surface area contributed by atoms with E-state index in [9.17, 15) is 9.90 Å². The molecule has 0 amide bonds. The average Bonchev–Trinajstić information content (AvgIpc) is 2.31. The van der Waals surface area contributed by atoms with E-state index in [1.54, 1.807) is 0 Å². The van der Waals surface area contributed by atoms with E-state index in [0.717, 1.165) is 24.8 Å². The Morgan fingerprint density at radius 2 is 1.75 bits per heavy atom. The lowest BCUT2D eigenvalue weighted by Gasteiger charge is -2.30. The topological polar surface area (TPSA) is 37.3 Å². The van der Waals surface area contributed by atoms with Gasteiger partial charge in [0.1, 0.15) is 5.60 Å². The number of carbonyl (C=O) groups excluding carboxylic acids is 1. The Hall–Kier alpha value is -1.15. The third-order valence-corrected chi connectivity index (χ3v) is 3.41. The van der Waals surface area contributed by atoms with Gasteiger partial charge in [0, 0.05) is 6.42 Å². The van der Waals surface area contributed by atoms with Gasteiger partial charge in [0.05, 0.1) is 0 Å². The summed E-state index contributed by atoms with van der Waals surface area (Å²) in [5.41, 5.74) is -0.0554. The van der Waals surface area contributed by atoms with Crippen molar-refractivity contribution in [2.75, 3.05) is 0 Å². The van der Waals surface area contributed by atoms with Gasteiger partial charge in [-0.15, -0.1) is 0 Å². The van der Waals surface area contributed by atoms with Crippen LogP contribution in [0.5, 0.6) is 0 Å². The quantitative estimate of drug-likeness (QED) is 0.846. The van der Waals surface area contributed by atoms with Crippen molar-refractivity contribution in [3.05, 3.63) is 35.9 Å². The molecular weight excluding hydrogens is 200 g/mol. The highest BCUT2D eigenvalue weighted by Gasteiger charge is 2.36. The van der Waals surface area contributed by atoms with Crippen LogP contribution in [-0.4, -0.2) is 16.5 Å². The lowest BCUT2D eigenvalue weighted by atomic mass is 9.80. The fourth-order valence-electron chi connectivity index (χ4n) is 2.36. The Morgan fingerprint density at radius 1 is 1.12 bits per heavy atom. The van der Waals surface area contributed by atoms with Crippen molar-refractivity contribution in [3.8, 4) is 0 Å². The van der Waals surface area contributed by atoms with Crippen LogP contribution in [0.1, 0.15) is 37.7 Å². The molecule has 2 heteroatoms. The molecule has 1 aliphatic rings. The first-order chi connectivity index (χ1) is 7.71. The third-order valence-electron chi connectivity index (χ3n) is 3.41. The van der Waals surface area contributed by atoms with Crippen LogP contribution in [0.3, 0.4) is 0 Å². The van der Waals surface area contributed by atoms with Gasteiger partial charge in [-0.25, -0.2) is 0 Å². The van der Waals surface area contributed by atoms with Gasteiger partial charge in [-0.3, -0.25) is 4.79 Å². The van der Waals surface area contributed by atoms with Crippen molar-refractivity contribution >= 4 is 5.78 Å². The van der Waals surface area contributed by atoms with Crippen LogP contribution in [-0.2, 0) is 11.2 Å². The molecule has 1 N–H and O–H groups in total. The Bertz CT molecular complexity index is 350. The van der Waals surface area contributed by atoms with Gasteiger partial charge < -0.3 is 5.11 Å². The molecule has 1 aliphatic carbocycles. The van der Waals surface area contributed by atoms with E-state index in [0.29, 0.717) is 19.3 Å². The van der Waals surface area contributed by atoms with Crippen LogP contribution in [0.15, 0.2) is 30.3 Å². The number of ketones is 1. The molecule has 1 aromatic carbocycles. The number of Topliss-reactive ketones (excluding diaryl/α,β-unsaturated/α-hetero) is 1. The van der Waals surface area contributed by atoms with Gasteiger partial charge in [-0.1, -0.05) is 49.6 Å². The Balaban J connectivity index is 2.02. The normalized spacial score (nSPS) is 19.3. The first kappa shape index (κ1) is 11.3. The molecule has 0 heterocycles. The summed E-state index contributed by atoms with van der Waals surface area (Å²) in [5, 5.41) is 10.3. The molecule has 2 rings (SSSR count). The predicted molar refractivity (Wildman–Crippen MR) is 63.2 cm³/mol. The van der Waals surface area contributed by atoms with E-state index in [4.69, 9.17) is 0 Å². The van der Waals surface area contributed by atoms with Crippen LogP contribution >= 0.6 is 0 Å². The second kappa shape index (κ2) is 4.79. The molecule has 1 aromatic rings. The zero-order valence-electron chi connectivity index (χ0n) is 9.48. The molecule has 0 saturated heterocycles. The summed E-state index contributed by atoms with van der Waals surface area (Å²) in [5.74, 6) is -0.0154. The van der Waals surface area contributed by atoms with Gasteiger partial charge in [0.2, 0.25) is 0 Å². The third kappa shape index (κ3) is 2.50. The number of hydrogen-bond acceptors (Lipinski definition) is 2. The Labute approximate surface area is 96.3 Å². The van der Waals surface area contributed by atoms with Crippen molar-refractivity contribution in [1.82, 2.24) is 0 Å². The zero-order valence-corrected chi connectivity index (χ0v) is 9.48. The zero-order chi connectivity index (χ0) is 11.4. The highest BCUT2D eigenvalue weighted by Crippen LogP contribution is 2.29. The molecule has 0 atom stereocenters. The van der Waals surface area contributed by atoms with Gasteiger partial charge in [-0.2, -0.15) is 0 Å². The molecule has 0 bridgehead atoms. The minimum Gasteiger partial charge on any atom is -0.382 e. The van der Waals surface area contributed by atoms with Crippen molar-refractivity contribution in [2.45, 2.75) is 44.1 Å². The lowest BCUT2D eigenvalue weighted by molar-refractivity contribution is -0.139. The maximum atomic E-state index is 12.0. The van der Waals surface area contributed by atoms with E-state index < -0.39 is 5.60 Å². The van der Waals surface area contributed by atoms with Crippen molar-refractivity contribution in [1.29, 1.82) is 0 Å². The van der Waals surface area contributed by atoms with E-state index in [2.05, 4.69) is 0 Å². The molecular formula is C14H18O2. The van der Waals surface area contributed by atoms with Crippen LogP contribution in [0.4, 0.5) is 0 Å². The van der Waals surface area contributed by atoms with Gasteiger partial charge in [0.15, 0.2) is 5.78 Å². The lowest BCUT2D eigenvalue weighted by Crippen LogP contribution is -2.41. The minimum absolute atomic E-state index is 0.0154. The van der Waals surface area contributed by atoms with Gasteiger partial charge >= 0.3 is 0 Å². The van der Waals surface area contributed by atoms with Crippen LogP contribution in [0.2, 0.25) is 0 Å². The summed E-state index contributed by atoms with van der Waals surface area (Å²) >= 11 is 0. The Kier molecular flexibility index (Phi) is 3.39. The smallest absolute Gasteiger partial charge is 0.168 e. The summed E-state index contributed by atoms with van der Waals surface area (Å²) in [6.45, 7) is 0. The first-order valence-electron chi connectivity index (χ1n) is 6.00. The second-order valence-electron chi connectivity index (χ2n) is 4.68. The van der Waals surface area contributed by atoms with Crippen LogP contribution < -0.4 is 0 Å². The fourth-order valence-corrected chi connectivity index (χ4v) is 2.36. The van der Waals surface area contributed by atoms with Gasteiger partial charge in [-0.05, 0) is 18.4 Å². The number of aliphatic hydroxyl groups is 1.